The minimum absolute atomic E-state index is 0.205. The molecule has 0 radical (unpaired) electrons. The molecule has 2 rings (SSSR count). The van der Waals surface area contributed by atoms with Gasteiger partial charge >= 0.3 is 0 Å². The summed E-state index contributed by atoms with van der Waals surface area (Å²) in [6, 6.07) is 5.86. The third-order valence-corrected chi connectivity index (χ3v) is 3.67. The quantitative estimate of drug-likeness (QED) is 0.888. The van der Waals surface area contributed by atoms with Crippen LogP contribution in [-0.2, 0) is 11.3 Å². The Hall–Kier alpha value is -1.26. The van der Waals surface area contributed by atoms with Crippen molar-refractivity contribution in [2.24, 2.45) is 5.73 Å². The Labute approximate surface area is 114 Å². The van der Waals surface area contributed by atoms with Gasteiger partial charge in [-0.1, -0.05) is 6.07 Å². The van der Waals surface area contributed by atoms with E-state index in [1.165, 1.54) is 0 Å². The van der Waals surface area contributed by atoms with Crippen molar-refractivity contribution in [1.82, 2.24) is 0 Å². The first-order valence-electron chi connectivity index (χ1n) is 6.83. The lowest BCUT2D eigenvalue weighted by atomic mass is 9.95. The molecule has 2 atom stereocenters. The average molecular weight is 265 g/mol. The van der Waals surface area contributed by atoms with Crippen molar-refractivity contribution in [3.05, 3.63) is 23.8 Å². The highest BCUT2D eigenvalue weighted by molar-refractivity contribution is 5.43. The second-order valence-corrected chi connectivity index (χ2v) is 4.95. The fraction of sp³-hybridized carbons (Fsp3) is 0.600. The molecule has 0 amide bonds. The first-order valence-corrected chi connectivity index (χ1v) is 6.83. The van der Waals surface area contributed by atoms with Gasteiger partial charge in [-0.15, -0.1) is 0 Å². The van der Waals surface area contributed by atoms with Gasteiger partial charge in [0.1, 0.15) is 6.10 Å². The molecule has 0 saturated heterocycles. The van der Waals surface area contributed by atoms with Crippen LogP contribution in [0.1, 0.15) is 31.2 Å². The molecule has 2 N–H and O–H groups in total. The number of rotatable bonds is 5. The normalized spacial score (nSPS) is 23.1. The van der Waals surface area contributed by atoms with Gasteiger partial charge in [0.05, 0.1) is 13.2 Å². The zero-order valence-corrected chi connectivity index (χ0v) is 11.7. The van der Waals surface area contributed by atoms with E-state index in [0.29, 0.717) is 12.6 Å². The third-order valence-electron chi connectivity index (χ3n) is 3.67. The molecule has 106 valence electrons. The number of benzene rings is 1. The van der Waals surface area contributed by atoms with E-state index in [-0.39, 0.29) is 6.10 Å². The second-order valence-electron chi connectivity index (χ2n) is 4.95. The minimum Gasteiger partial charge on any atom is -0.493 e. The van der Waals surface area contributed by atoms with Gasteiger partial charge in [-0.25, -0.2) is 0 Å². The Morgan fingerprint density at radius 2 is 1.95 bits per heavy atom. The van der Waals surface area contributed by atoms with Gasteiger partial charge in [0.25, 0.3) is 0 Å². The van der Waals surface area contributed by atoms with Crippen LogP contribution in [0.15, 0.2) is 18.2 Å². The zero-order chi connectivity index (χ0) is 13.7. The van der Waals surface area contributed by atoms with Gasteiger partial charge in [-0.2, -0.15) is 0 Å². The van der Waals surface area contributed by atoms with Crippen molar-refractivity contribution in [2.75, 3.05) is 14.2 Å². The van der Waals surface area contributed by atoms with Crippen LogP contribution < -0.4 is 15.2 Å². The Bertz CT molecular complexity index is 408. The van der Waals surface area contributed by atoms with E-state index in [1.807, 2.05) is 18.2 Å². The predicted octanol–water partition coefficient (Wildman–Crippen LogP) is 2.49. The number of hydrogen-bond acceptors (Lipinski definition) is 4. The minimum atomic E-state index is 0.205. The molecule has 1 aliphatic rings. The van der Waals surface area contributed by atoms with Gasteiger partial charge in [-0.05, 0) is 37.0 Å². The van der Waals surface area contributed by atoms with Crippen molar-refractivity contribution in [3.8, 4) is 11.5 Å². The lowest BCUT2D eigenvalue weighted by molar-refractivity contribution is 0.0201. The fourth-order valence-electron chi connectivity index (χ4n) is 2.54. The summed E-state index contributed by atoms with van der Waals surface area (Å²) >= 11 is 0. The zero-order valence-electron chi connectivity index (χ0n) is 11.7. The summed E-state index contributed by atoms with van der Waals surface area (Å²) in [6.45, 7) is 0.506. The molecule has 1 saturated carbocycles. The smallest absolute Gasteiger partial charge is 0.161 e. The lowest BCUT2D eigenvalue weighted by Gasteiger charge is -2.29. The largest absolute Gasteiger partial charge is 0.493 e. The van der Waals surface area contributed by atoms with Crippen LogP contribution in [0, 0.1) is 0 Å². The highest BCUT2D eigenvalue weighted by Crippen LogP contribution is 2.32. The van der Waals surface area contributed by atoms with Crippen LogP contribution in [-0.4, -0.2) is 26.4 Å². The first-order chi connectivity index (χ1) is 9.26. The maximum atomic E-state index is 6.06. The van der Waals surface area contributed by atoms with Crippen LogP contribution in [0.5, 0.6) is 11.5 Å². The van der Waals surface area contributed by atoms with E-state index in [4.69, 9.17) is 19.9 Å². The maximum Gasteiger partial charge on any atom is 0.161 e. The average Bonchev–Trinajstić information content (AvgIpc) is 2.48. The molecule has 4 heteroatoms. The summed E-state index contributed by atoms with van der Waals surface area (Å²) < 4.78 is 16.9. The van der Waals surface area contributed by atoms with Gasteiger partial charge in [0.2, 0.25) is 0 Å². The molecule has 0 spiro atoms. The van der Waals surface area contributed by atoms with E-state index in [0.717, 1.165) is 42.7 Å². The first kappa shape index (κ1) is 14.2. The van der Waals surface area contributed by atoms with Crippen molar-refractivity contribution < 1.29 is 14.2 Å². The summed E-state index contributed by atoms with van der Waals surface area (Å²) in [7, 11) is 3.42. The molecule has 1 aromatic rings. The molecular weight excluding hydrogens is 242 g/mol. The van der Waals surface area contributed by atoms with Crippen LogP contribution >= 0.6 is 0 Å². The Balaban J connectivity index is 2.05. The summed E-state index contributed by atoms with van der Waals surface area (Å²) in [6.07, 6.45) is 4.80. The van der Waals surface area contributed by atoms with Crippen molar-refractivity contribution in [2.45, 2.75) is 44.4 Å². The van der Waals surface area contributed by atoms with Gasteiger partial charge < -0.3 is 19.9 Å². The molecule has 1 aliphatic carbocycles. The molecule has 2 unspecified atom stereocenters. The summed E-state index contributed by atoms with van der Waals surface area (Å²) in [5, 5.41) is 0. The molecule has 19 heavy (non-hydrogen) atoms. The van der Waals surface area contributed by atoms with Crippen LogP contribution in [0.25, 0.3) is 0 Å². The Kier molecular flexibility index (Phi) is 5.05. The highest BCUT2D eigenvalue weighted by Gasteiger charge is 2.23. The summed E-state index contributed by atoms with van der Waals surface area (Å²) in [5.41, 5.74) is 6.68. The fourth-order valence-corrected chi connectivity index (χ4v) is 2.54. The van der Waals surface area contributed by atoms with Crippen LogP contribution in [0.4, 0.5) is 0 Å². The summed E-state index contributed by atoms with van der Waals surface area (Å²) in [5.74, 6) is 1.55. The number of methoxy groups -OCH3 is 2. The number of hydrogen-bond donors (Lipinski definition) is 1. The molecule has 0 aromatic heterocycles. The molecule has 0 heterocycles. The highest BCUT2D eigenvalue weighted by atomic mass is 16.5. The molecule has 0 aliphatic heterocycles. The van der Waals surface area contributed by atoms with Crippen molar-refractivity contribution >= 4 is 0 Å². The van der Waals surface area contributed by atoms with E-state index < -0.39 is 0 Å². The van der Waals surface area contributed by atoms with Gasteiger partial charge in [0, 0.05) is 20.1 Å². The van der Waals surface area contributed by atoms with Crippen LogP contribution in [0.2, 0.25) is 0 Å². The molecular formula is C15H23NO3. The number of nitrogens with two attached hydrogens (primary N) is 1. The van der Waals surface area contributed by atoms with Gasteiger partial charge in [-0.3, -0.25) is 0 Å². The third kappa shape index (κ3) is 3.61. The van der Waals surface area contributed by atoms with Crippen LogP contribution in [0.3, 0.4) is 0 Å². The number of ether oxygens (including phenoxy) is 3. The van der Waals surface area contributed by atoms with Gasteiger partial charge in [0.15, 0.2) is 11.5 Å². The van der Waals surface area contributed by atoms with E-state index >= 15 is 0 Å². The van der Waals surface area contributed by atoms with E-state index in [2.05, 4.69) is 0 Å². The topological polar surface area (TPSA) is 53.7 Å². The van der Waals surface area contributed by atoms with Crippen molar-refractivity contribution in [3.63, 3.8) is 0 Å². The molecule has 4 nitrogen and oxygen atoms in total. The molecule has 1 aromatic carbocycles. The standard InChI is InChI=1S/C15H23NO3/c1-17-12-4-3-5-13(9-12)19-14-7-6-11(10-16)8-15(14)18-2/h6-8,12-13H,3-5,9-10,16H2,1-2H3. The maximum absolute atomic E-state index is 6.06. The molecule has 1 fully saturated rings. The van der Waals surface area contributed by atoms with Crippen molar-refractivity contribution in [1.29, 1.82) is 0 Å². The summed E-state index contributed by atoms with van der Waals surface area (Å²) in [4.78, 5) is 0. The Morgan fingerprint density at radius 3 is 2.63 bits per heavy atom. The van der Waals surface area contributed by atoms with E-state index in [9.17, 15) is 0 Å². The second kappa shape index (κ2) is 6.78. The Morgan fingerprint density at radius 1 is 1.16 bits per heavy atom. The SMILES string of the molecule is COc1cc(CN)ccc1OC1CCCC(OC)C1. The predicted molar refractivity (Wildman–Crippen MR) is 74.6 cm³/mol. The lowest BCUT2D eigenvalue weighted by Crippen LogP contribution is -2.29. The van der Waals surface area contributed by atoms with E-state index in [1.54, 1.807) is 14.2 Å². The molecule has 0 bridgehead atoms. The monoisotopic (exact) mass is 265 g/mol.